The van der Waals surface area contributed by atoms with Crippen LogP contribution in [0, 0.1) is 5.92 Å². The normalized spacial score (nSPS) is 23.6. The molecule has 1 aliphatic carbocycles. The third-order valence-electron chi connectivity index (χ3n) is 3.60. The fraction of sp³-hybridized carbons (Fsp3) is 0.545. The van der Waals surface area contributed by atoms with Gasteiger partial charge in [-0.2, -0.15) is 5.10 Å². The molecule has 0 saturated heterocycles. The molecule has 2 atom stereocenters. The van der Waals surface area contributed by atoms with Gasteiger partial charge < -0.3 is 11.1 Å². The van der Waals surface area contributed by atoms with E-state index >= 15 is 0 Å². The smallest absolute Gasteiger partial charge is 0.348 e. The number of hydrogen-bond acceptors (Lipinski definition) is 5. The van der Waals surface area contributed by atoms with E-state index in [-0.39, 0.29) is 5.69 Å². The Morgan fingerprint density at radius 2 is 2.44 bits per heavy atom. The van der Waals surface area contributed by atoms with Crippen LogP contribution in [-0.4, -0.2) is 32.2 Å². The SMILES string of the molecule is NCC1CCCC1Nc1cc2n[nH]c(=O)n2cn1. The van der Waals surface area contributed by atoms with E-state index in [4.69, 9.17) is 5.73 Å². The van der Waals surface area contributed by atoms with Gasteiger partial charge in [0.2, 0.25) is 0 Å². The highest BCUT2D eigenvalue weighted by Gasteiger charge is 2.26. The van der Waals surface area contributed by atoms with E-state index in [1.807, 2.05) is 0 Å². The molecule has 0 aromatic carbocycles. The van der Waals surface area contributed by atoms with E-state index in [1.165, 1.54) is 17.1 Å². The summed E-state index contributed by atoms with van der Waals surface area (Å²) in [5.74, 6) is 1.25. The molecule has 3 rings (SSSR count). The Labute approximate surface area is 103 Å². The van der Waals surface area contributed by atoms with Gasteiger partial charge in [0.1, 0.15) is 12.1 Å². The van der Waals surface area contributed by atoms with E-state index < -0.39 is 0 Å². The highest BCUT2D eigenvalue weighted by Crippen LogP contribution is 2.27. The molecule has 2 aromatic rings. The second-order valence-electron chi connectivity index (χ2n) is 4.71. The Kier molecular flexibility index (Phi) is 2.75. The number of fused-ring (bicyclic) bond motifs is 1. The van der Waals surface area contributed by atoms with Crippen molar-refractivity contribution in [3.63, 3.8) is 0 Å². The first kappa shape index (κ1) is 11.2. The lowest BCUT2D eigenvalue weighted by atomic mass is 10.0. The summed E-state index contributed by atoms with van der Waals surface area (Å²) in [6.45, 7) is 0.696. The first-order valence-corrected chi connectivity index (χ1v) is 6.17. The number of anilines is 1. The lowest BCUT2D eigenvalue weighted by molar-refractivity contribution is 0.515. The van der Waals surface area contributed by atoms with Crippen LogP contribution in [0.4, 0.5) is 5.82 Å². The van der Waals surface area contributed by atoms with Crippen molar-refractivity contribution in [2.75, 3.05) is 11.9 Å². The Balaban J connectivity index is 1.84. The van der Waals surface area contributed by atoms with E-state index in [0.29, 0.717) is 24.2 Å². The van der Waals surface area contributed by atoms with Crippen molar-refractivity contribution in [2.45, 2.75) is 25.3 Å². The number of H-pyrrole nitrogens is 1. The Morgan fingerprint density at radius 1 is 1.56 bits per heavy atom. The summed E-state index contributed by atoms with van der Waals surface area (Å²) < 4.78 is 1.38. The third kappa shape index (κ3) is 1.86. The number of nitrogens with zero attached hydrogens (tertiary/aromatic N) is 3. The fourth-order valence-electron chi connectivity index (χ4n) is 2.59. The maximum absolute atomic E-state index is 11.3. The maximum Gasteiger partial charge on any atom is 0.348 e. The van der Waals surface area contributed by atoms with Crippen molar-refractivity contribution in [2.24, 2.45) is 11.7 Å². The van der Waals surface area contributed by atoms with Crippen LogP contribution in [0.15, 0.2) is 17.2 Å². The monoisotopic (exact) mass is 248 g/mol. The molecule has 96 valence electrons. The molecule has 1 fully saturated rings. The minimum Gasteiger partial charge on any atom is -0.367 e. The molecule has 2 heterocycles. The topological polar surface area (TPSA) is 101 Å². The summed E-state index contributed by atoms with van der Waals surface area (Å²) in [7, 11) is 0. The molecule has 0 amide bonds. The summed E-state index contributed by atoms with van der Waals surface area (Å²) >= 11 is 0. The van der Waals surface area contributed by atoms with Crippen molar-refractivity contribution in [3.8, 4) is 0 Å². The number of aromatic amines is 1. The molecule has 7 heteroatoms. The number of aromatic nitrogens is 4. The predicted molar refractivity (Wildman–Crippen MR) is 67.4 cm³/mol. The number of rotatable bonds is 3. The minimum atomic E-state index is -0.273. The van der Waals surface area contributed by atoms with Gasteiger partial charge in [-0.05, 0) is 25.3 Å². The van der Waals surface area contributed by atoms with Crippen LogP contribution in [0.5, 0.6) is 0 Å². The Morgan fingerprint density at radius 3 is 3.28 bits per heavy atom. The number of nitrogens with one attached hydrogen (secondary N) is 2. The molecule has 2 unspecified atom stereocenters. The van der Waals surface area contributed by atoms with Crippen molar-refractivity contribution >= 4 is 11.5 Å². The molecular weight excluding hydrogens is 232 g/mol. The molecule has 2 aromatic heterocycles. The van der Waals surface area contributed by atoms with Crippen molar-refractivity contribution in [1.29, 1.82) is 0 Å². The summed E-state index contributed by atoms with van der Waals surface area (Å²) in [4.78, 5) is 15.5. The lowest BCUT2D eigenvalue weighted by Gasteiger charge is -2.19. The third-order valence-corrected chi connectivity index (χ3v) is 3.60. The molecule has 18 heavy (non-hydrogen) atoms. The van der Waals surface area contributed by atoms with Crippen LogP contribution in [0.25, 0.3) is 5.65 Å². The van der Waals surface area contributed by atoms with Gasteiger partial charge in [-0.1, -0.05) is 6.42 Å². The fourth-order valence-corrected chi connectivity index (χ4v) is 2.59. The Bertz CT molecular complexity index is 603. The molecule has 1 saturated carbocycles. The van der Waals surface area contributed by atoms with Gasteiger partial charge in [0.05, 0.1) is 0 Å². The minimum absolute atomic E-state index is 0.273. The van der Waals surface area contributed by atoms with Gasteiger partial charge in [-0.3, -0.25) is 0 Å². The van der Waals surface area contributed by atoms with Gasteiger partial charge in [0, 0.05) is 12.1 Å². The first-order valence-electron chi connectivity index (χ1n) is 6.17. The summed E-state index contributed by atoms with van der Waals surface area (Å²) in [6.07, 6.45) is 4.96. The number of hydrogen-bond donors (Lipinski definition) is 3. The van der Waals surface area contributed by atoms with Crippen LogP contribution in [0.1, 0.15) is 19.3 Å². The maximum atomic E-state index is 11.3. The zero-order valence-electron chi connectivity index (χ0n) is 9.97. The average Bonchev–Trinajstić information content (AvgIpc) is 2.97. The van der Waals surface area contributed by atoms with E-state index in [9.17, 15) is 4.79 Å². The quantitative estimate of drug-likeness (QED) is 0.707. The van der Waals surface area contributed by atoms with Gasteiger partial charge in [0.15, 0.2) is 5.65 Å². The average molecular weight is 248 g/mol. The van der Waals surface area contributed by atoms with Crippen LogP contribution in [0.3, 0.4) is 0 Å². The molecule has 0 spiro atoms. The van der Waals surface area contributed by atoms with Crippen molar-refractivity contribution < 1.29 is 0 Å². The van der Waals surface area contributed by atoms with Gasteiger partial charge in [-0.25, -0.2) is 19.3 Å². The van der Waals surface area contributed by atoms with Crippen LogP contribution in [-0.2, 0) is 0 Å². The molecule has 0 aliphatic heterocycles. The highest BCUT2D eigenvalue weighted by atomic mass is 16.1. The molecule has 4 N–H and O–H groups in total. The van der Waals surface area contributed by atoms with Gasteiger partial charge in [0.25, 0.3) is 0 Å². The molecular formula is C11H16N6O. The summed E-state index contributed by atoms with van der Waals surface area (Å²) in [6, 6.07) is 2.14. The lowest BCUT2D eigenvalue weighted by Crippen LogP contribution is -2.29. The summed E-state index contributed by atoms with van der Waals surface area (Å²) in [5.41, 5.74) is 6.04. The molecule has 7 nitrogen and oxygen atoms in total. The highest BCUT2D eigenvalue weighted by molar-refractivity contribution is 5.48. The zero-order chi connectivity index (χ0) is 12.5. The second kappa shape index (κ2) is 4.41. The van der Waals surface area contributed by atoms with Crippen molar-refractivity contribution in [1.82, 2.24) is 19.6 Å². The summed E-state index contributed by atoms with van der Waals surface area (Å²) in [5, 5.41) is 9.68. The van der Waals surface area contributed by atoms with Crippen LogP contribution in [0.2, 0.25) is 0 Å². The molecule has 0 radical (unpaired) electrons. The van der Waals surface area contributed by atoms with E-state index in [2.05, 4.69) is 20.5 Å². The van der Waals surface area contributed by atoms with Crippen LogP contribution < -0.4 is 16.7 Å². The van der Waals surface area contributed by atoms with Gasteiger partial charge >= 0.3 is 5.69 Å². The first-order chi connectivity index (χ1) is 8.78. The van der Waals surface area contributed by atoms with E-state index in [1.54, 1.807) is 6.07 Å². The second-order valence-corrected chi connectivity index (χ2v) is 4.71. The van der Waals surface area contributed by atoms with Crippen molar-refractivity contribution in [3.05, 3.63) is 22.9 Å². The van der Waals surface area contributed by atoms with Gasteiger partial charge in [-0.15, -0.1) is 0 Å². The van der Waals surface area contributed by atoms with Crippen LogP contribution >= 0.6 is 0 Å². The van der Waals surface area contributed by atoms with E-state index in [0.717, 1.165) is 18.7 Å². The molecule has 1 aliphatic rings. The predicted octanol–water partition coefficient (Wildman–Crippen LogP) is -0.0431. The zero-order valence-corrected chi connectivity index (χ0v) is 9.97. The largest absolute Gasteiger partial charge is 0.367 e. The number of nitrogens with two attached hydrogens (primary N) is 1. The Hall–Kier alpha value is -1.89. The molecule has 0 bridgehead atoms. The standard InChI is InChI=1S/C11H16N6O/c12-5-7-2-1-3-8(7)14-9-4-10-15-16-11(18)17(10)6-13-9/h4,6-8,14H,1-3,5,12H2,(H,16,18).